The lowest BCUT2D eigenvalue weighted by molar-refractivity contribution is -0.200. The fraction of sp³-hybridized carbons (Fsp3) is 0.760. The number of hydrogen-bond acceptors (Lipinski definition) is 6. The van der Waals surface area contributed by atoms with Crippen LogP contribution in [0.2, 0.25) is 0 Å². The molecule has 9 atom stereocenters. The number of carbonyl (C=O) groups excluding carboxylic acids is 2. The van der Waals surface area contributed by atoms with Crippen LogP contribution < -0.4 is 0 Å². The first kappa shape index (κ1) is 14.0. The standard InChI is InChI=1S/C25H34O6/c1-4-5-21-30-20-11-17-16-7-6-14-10-15(27)8-9-23(14,2)22(16)18(28)12-24(17,3)25(20,31-21)19(29)13-26/h8-10,16-18,20-22,26,28H,4-7,11-13H2,1-3H3/t16?,17?,18-,20+,21?,22?,23-,24-,25+/m0/s1/i1D3,4D2,5D2,21D. The summed E-state index contributed by atoms with van der Waals surface area (Å²) in [5.74, 6) is -1.82. The number of Topliss-reactive ketones (excluding diaryl/α,β-unsaturated/α-hetero) is 1. The van der Waals surface area contributed by atoms with Gasteiger partial charge in [-0.05, 0) is 56.0 Å². The Hall–Kier alpha value is -1.34. The van der Waals surface area contributed by atoms with Crippen LogP contribution in [0, 0.1) is 28.6 Å². The Morgan fingerprint density at radius 3 is 3.00 bits per heavy atom. The summed E-state index contributed by atoms with van der Waals surface area (Å²) in [4.78, 5) is 25.6. The van der Waals surface area contributed by atoms with E-state index in [2.05, 4.69) is 0 Å². The maximum Gasteiger partial charge on any atom is 0.193 e. The Balaban J connectivity index is 1.58. The molecule has 4 fully saturated rings. The second-order valence-electron chi connectivity index (χ2n) is 10.0. The van der Waals surface area contributed by atoms with Crippen LogP contribution in [0.15, 0.2) is 23.8 Å². The van der Waals surface area contributed by atoms with Gasteiger partial charge in [0.1, 0.15) is 6.61 Å². The Kier molecular flexibility index (Phi) is 3.20. The van der Waals surface area contributed by atoms with Crippen molar-refractivity contribution in [3.8, 4) is 0 Å². The van der Waals surface area contributed by atoms with Gasteiger partial charge < -0.3 is 19.7 Å². The number of allylic oxidation sites excluding steroid dienone is 4. The number of aliphatic hydroxyl groups excluding tert-OH is 2. The number of rotatable bonds is 4. The third kappa shape index (κ3) is 2.65. The zero-order valence-corrected chi connectivity index (χ0v) is 17.7. The second kappa shape index (κ2) is 7.08. The van der Waals surface area contributed by atoms with Crippen molar-refractivity contribution in [2.75, 3.05) is 6.61 Å². The van der Waals surface area contributed by atoms with Gasteiger partial charge in [-0.25, -0.2) is 0 Å². The van der Waals surface area contributed by atoms with Crippen molar-refractivity contribution >= 4 is 11.6 Å². The molecule has 1 saturated heterocycles. The van der Waals surface area contributed by atoms with Crippen molar-refractivity contribution in [2.24, 2.45) is 28.6 Å². The quantitative estimate of drug-likeness (QED) is 0.701. The second-order valence-corrected chi connectivity index (χ2v) is 10.0. The highest BCUT2D eigenvalue weighted by atomic mass is 16.7. The minimum atomic E-state index is -3.59. The molecule has 1 aliphatic heterocycles. The van der Waals surface area contributed by atoms with E-state index in [0.717, 1.165) is 5.57 Å². The third-order valence-electron chi connectivity index (χ3n) is 8.88. The number of ketones is 2. The van der Waals surface area contributed by atoms with Gasteiger partial charge in [0.05, 0.1) is 13.6 Å². The summed E-state index contributed by atoms with van der Waals surface area (Å²) in [5.41, 5.74) is -3.04. The van der Waals surface area contributed by atoms with Crippen LogP contribution >= 0.6 is 0 Å². The van der Waals surface area contributed by atoms with Crippen molar-refractivity contribution in [1.29, 1.82) is 0 Å². The molecule has 4 aliphatic carbocycles. The van der Waals surface area contributed by atoms with Crippen molar-refractivity contribution < 1.29 is 40.2 Å². The summed E-state index contributed by atoms with van der Waals surface area (Å²) in [5, 5.41) is 21.6. The fourth-order valence-corrected chi connectivity index (χ4v) is 7.69. The van der Waals surface area contributed by atoms with E-state index >= 15 is 0 Å². The van der Waals surface area contributed by atoms with Gasteiger partial charge in [-0.3, -0.25) is 9.59 Å². The van der Waals surface area contributed by atoms with Gasteiger partial charge in [0.2, 0.25) is 0 Å². The maximum absolute atomic E-state index is 13.5. The molecule has 0 spiro atoms. The summed E-state index contributed by atoms with van der Waals surface area (Å²) in [7, 11) is 0. The van der Waals surface area contributed by atoms with E-state index < -0.39 is 66.9 Å². The van der Waals surface area contributed by atoms with E-state index in [1.165, 1.54) is 6.08 Å². The normalized spacial score (nSPS) is 57.9. The predicted molar refractivity (Wildman–Crippen MR) is 113 cm³/mol. The van der Waals surface area contributed by atoms with E-state index in [1.807, 2.05) is 13.0 Å². The summed E-state index contributed by atoms with van der Waals surface area (Å²) >= 11 is 0. The summed E-state index contributed by atoms with van der Waals surface area (Å²) in [6.45, 7) is -0.863. The van der Waals surface area contributed by atoms with Crippen LogP contribution in [0.3, 0.4) is 0 Å². The molecule has 6 heteroatoms. The van der Waals surface area contributed by atoms with Crippen molar-refractivity contribution in [3.63, 3.8) is 0 Å². The van der Waals surface area contributed by atoms with E-state index in [1.54, 1.807) is 13.0 Å². The van der Waals surface area contributed by atoms with Crippen molar-refractivity contribution in [3.05, 3.63) is 23.8 Å². The molecule has 0 bridgehead atoms. The smallest absolute Gasteiger partial charge is 0.193 e. The van der Waals surface area contributed by atoms with Crippen LogP contribution in [0.4, 0.5) is 0 Å². The number of aliphatic hydroxyl groups is 2. The average Bonchev–Trinajstić information content (AvgIpc) is 3.26. The molecule has 0 aromatic carbocycles. The highest BCUT2D eigenvalue weighted by Gasteiger charge is 2.75. The molecule has 0 radical (unpaired) electrons. The molecule has 170 valence electrons. The van der Waals surface area contributed by atoms with Crippen LogP contribution in [0.1, 0.15) is 70.1 Å². The molecular weight excluding hydrogens is 396 g/mol. The maximum atomic E-state index is 13.5. The highest BCUT2D eigenvalue weighted by Crippen LogP contribution is 2.69. The predicted octanol–water partition coefficient (Wildman–Crippen LogP) is 2.72. The average molecular weight is 439 g/mol. The molecule has 1 heterocycles. The van der Waals surface area contributed by atoms with E-state index in [9.17, 15) is 19.8 Å². The molecule has 2 N–H and O–H groups in total. The minimum absolute atomic E-state index is 0.0274. The van der Waals surface area contributed by atoms with Gasteiger partial charge >= 0.3 is 0 Å². The molecule has 5 aliphatic rings. The largest absolute Gasteiger partial charge is 0.393 e. The van der Waals surface area contributed by atoms with E-state index in [4.69, 9.17) is 20.4 Å². The molecule has 5 rings (SSSR count). The van der Waals surface area contributed by atoms with Gasteiger partial charge in [0.25, 0.3) is 0 Å². The van der Waals surface area contributed by atoms with Gasteiger partial charge in [0, 0.05) is 26.3 Å². The monoisotopic (exact) mass is 438 g/mol. The van der Waals surface area contributed by atoms with Gasteiger partial charge in [-0.15, -0.1) is 0 Å². The zero-order chi connectivity index (χ0) is 29.2. The number of fused-ring (bicyclic) bond motifs is 7. The SMILES string of the molecule is [2H]C([2H])([2H])C([2H])([2H])C([2H])([2H])C1([2H])O[C@@H]2CC3C4CCC5=CC(=O)C=C[C@]5(C)C4[C@@H](O)C[C@]3(C)[C@]2(C(=O)CO)O1. The number of carbonyl (C=O) groups is 2. The Morgan fingerprint density at radius 1 is 1.45 bits per heavy atom. The van der Waals surface area contributed by atoms with Crippen molar-refractivity contribution in [1.82, 2.24) is 0 Å². The van der Waals surface area contributed by atoms with Crippen molar-refractivity contribution in [2.45, 2.75) is 83.2 Å². The molecular formula is C25H34O6. The van der Waals surface area contributed by atoms with Crippen LogP contribution in [-0.2, 0) is 19.1 Å². The Labute approximate surface area is 194 Å². The van der Waals surface area contributed by atoms with Gasteiger partial charge in [-0.1, -0.05) is 38.7 Å². The van der Waals surface area contributed by atoms with Gasteiger partial charge in [-0.2, -0.15) is 0 Å². The summed E-state index contributed by atoms with van der Waals surface area (Å²) in [6, 6.07) is 0. The fourth-order valence-electron chi connectivity index (χ4n) is 7.69. The van der Waals surface area contributed by atoms with Crippen LogP contribution in [0.5, 0.6) is 0 Å². The molecule has 0 aromatic rings. The lowest BCUT2D eigenvalue weighted by Gasteiger charge is -2.59. The third-order valence-corrected chi connectivity index (χ3v) is 8.88. The summed E-state index contributed by atoms with van der Waals surface area (Å²) in [6.07, 6.45) is -6.48. The molecule has 31 heavy (non-hydrogen) atoms. The molecule has 0 amide bonds. The van der Waals surface area contributed by atoms with Gasteiger partial charge in [0.15, 0.2) is 23.4 Å². The lowest BCUT2D eigenvalue weighted by Crippen LogP contribution is -2.63. The summed E-state index contributed by atoms with van der Waals surface area (Å²) < 4.78 is 75.9. The van der Waals surface area contributed by atoms with E-state index in [0.29, 0.717) is 12.8 Å². The topological polar surface area (TPSA) is 93.1 Å². The van der Waals surface area contributed by atoms with E-state index in [-0.39, 0.29) is 36.4 Å². The molecule has 0 aromatic heterocycles. The first-order valence-electron chi connectivity index (χ1n) is 14.9. The zero-order valence-electron chi connectivity index (χ0n) is 25.7. The van der Waals surface area contributed by atoms with Crippen LogP contribution in [0.25, 0.3) is 0 Å². The highest BCUT2D eigenvalue weighted by molar-refractivity contribution is 6.01. The molecule has 3 saturated carbocycles. The molecule has 4 unspecified atom stereocenters. The minimum Gasteiger partial charge on any atom is -0.393 e. The number of ether oxygens (including phenoxy) is 2. The first-order chi connectivity index (χ1) is 17.7. The first-order valence-corrected chi connectivity index (χ1v) is 10.9. The lowest BCUT2D eigenvalue weighted by atomic mass is 9.46. The Bertz CT molecular complexity index is 1170. The Morgan fingerprint density at radius 2 is 2.26 bits per heavy atom. The van der Waals surface area contributed by atoms with Crippen LogP contribution in [-0.4, -0.2) is 52.5 Å². The molecule has 6 nitrogen and oxygen atoms in total. The number of hydrogen-bond donors (Lipinski definition) is 2.